The average Bonchev–Trinajstić information content (AvgIpc) is 2.15. The summed E-state index contributed by atoms with van der Waals surface area (Å²) in [5, 5.41) is 7.92. The second kappa shape index (κ2) is 4.79. The fourth-order valence-electron chi connectivity index (χ4n) is 1.37. The van der Waals surface area contributed by atoms with Crippen LogP contribution in [-0.2, 0) is 0 Å². The minimum atomic E-state index is 0.438. The third kappa shape index (κ3) is 2.58. The monoisotopic (exact) mass is 194 g/mol. The predicted molar refractivity (Wildman–Crippen MR) is 59.2 cm³/mol. The smallest absolute Gasteiger partial charge is 0.151 e. The van der Waals surface area contributed by atoms with Crippen molar-refractivity contribution in [1.29, 1.82) is 0 Å². The second-order valence-corrected chi connectivity index (χ2v) is 3.60. The number of nitrogens with two attached hydrogens (primary N) is 1. The number of nitrogen functional groups attached to an aromatic ring is 1. The van der Waals surface area contributed by atoms with Crippen LogP contribution < -0.4 is 10.6 Å². The molecule has 4 heteroatoms. The van der Waals surface area contributed by atoms with E-state index in [4.69, 9.17) is 5.73 Å². The Morgan fingerprint density at radius 3 is 2.50 bits per heavy atom. The maximum atomic E-state index is 5.48. The molecule has 0 unspecified atom stereocenters. The molecule has 0 aliphatic rings. The largest absolute Gasteiger partial charge is 0.382 e. The molecule has 0 spiro atoms. The highest BCUT2D eigenvalue weighted by molar-refractivity contribution is 5.41. The number of nitrogens with zero attached hydrogens (tertiary/aromatic N) is 3. The van der Waals surface area contributed by atoms with E-state index in [1.807, 2.05) is 6.07 Å². The van der Waals surface area contributed by atoms with Crippen molar-refractivity contribution in [3.63, 3.8) is 0 Å². The summed E-state index contributed by atoms with van der Waals surface area (Å²) in [6.07, 6.45) is 1.10. The molecule has 1 aromatic rings. The predicted octanol–water partition coefficient (Wildman–Crippen LogP) is 1.68. The van der Waals surface area contributed by atoms with E-state index in [0.29, 0.717) is 11.9 Å². The van der Waals surface area contributed by atoms with Crippen LogP contribution in [0.3, 0.4) is 0 Å². The molecule has 0 radical (unpaired) electrons. The van der Waals surface area contributed by atoms with Crippen molar-refractivity contribution < 1.29 is 0 Å². The van der Waals surface area contributed by atoms with Crippen LogP contribution in [0.1, 0.15) is 27.2 Å². The van der Waals surface area contributed by atoms with Gasteiger partial charge in [-0.1, -0.05) is 6.92 Å². The SMILES string of the molecule is CCCN(c1ccc(N)nn1)C(C)C. The summed E-state index contributed by atoms with van der Waals surface area (Å²) in [7, 11) is 0. The molecule has 78 valence electrons. The highest BCUT2D eigenvalue weighted by Crippen LogP contribution is 2.13. The molecule has 0 aliphatic carbocycles. The molecule has 4 nitrogen and oxygen atoms in total. The van der Waals surface area contributed by atoms with Crippen LogP contribution in [-0.4, -0.2) is 22.8 Å². The fraction of sp³-hybridized carbons (Fsp3) is 0.600. The van der Waals surface area contributed by atoms with E-state index < -0.39 is 0 Å². The van der Waals surface area contributed by atoms with Crippen molar-refractivity contribution in [2.24, 2.45) is 0 Å². The lowest BCUT2D eigenvalue weighted by Crippen LogP contribution is -2.32. The molecule has 2 N–H and O–H groups in total. The highest BCUT2D eigenvalue weighted by atomic mass is 15.3. The summed E-state index contributed by atoms with van der Waals surface area (Å²) in [4.78, 5) is 2.21. The first-order valence-electron chi connectivity index (χ1n) is 5.01. The van der Waals surface area contributed by atoms with Crippen molar-refractivity contribution in [2.75, 3.05) is 17.2 Å². The molecule has 0 aromatic carbocycles. The minimum Gasteiger partial charge on any atom is -0.382 e. The van der Waals surface area contributed by atoms with Gasteiger partial charge in [-0.3, -0.25) is 0 Å². The Morgan fingerprint density at radius 1 is 1.36 bits per heavy atom. The Hall–Kier alpha value is -1.32. The molecular formula is C10H18N4. The highest BCUT2D eigenvalue weighted by Gasteiger charge is 2.10. The summed E-state index contributed by atoms with van der Waals surface area (Å²) < 4.78 is 0. The van der Waals surface area contributed by atoms with Crippen LogP contribution in [0.2, 0.25) is 0 Å². The van der Waals surface area contributed by atoms with Crippen LogP contribution in [0.15, 0.2) is 12.1 Å². The lowest BCUT2D eigenvalue weighted by atomic mass is 10.3. The molecule has 0 aliphatic heterocycles. The Labute approximate surface area is 85.1 Å². The van der Waals surface area contributed by atoms with Gasteiger partial charge in [-0.2, -0.15) is 0 Å². The van der Waals surface area contributed by atoms with Gasteiger partial charge in [-0.15, -0.1) is 10.2 Å². The molecular weight excluding hydrogens is 176 g/mol. The first-order chi connectivity index (χ1) is 6.65. The van der Waals surface area contributed by atoms with Gasteiger partial charge in [0.2, 0.25) is 0 Å². The lowest BCUT2D eigenvalue weighted by molar-refractivity contribution is 0.657. The molecule has 0 amide bonds. The van der Waals surface area contributed by atoms with Gasteiger partial charge in [0.15, 0.2) is 5.82 Å². The second-order valence-electron chi connectivity index (χ2n) is 3.60. The van der Waals surface area contributed by atoms with Gasteiger partial charge in [-0.05, 0) is 32.4 Å². The van der Waals surface area contributed by atoms with E-state index in [1.54, 1.807) is 6.07 Å². The fourth-order valence-corrected chi connectivity index (χ4v) is 1.37. The van der Waals surface area contributed by atoms with Gasteiger partial charge < -0.3 is 10.6 Å². The molecule has 14 heavy (non-hydrogen) atoms. The van der Waals surface area contributed by atoms with Crippen LogP contribution in [0.5, 0.6) is 0 Å². The van der Waals surface area contributed by atoms with E-state index in [9.17, 15) is 0 Å². The number of hydrogen-bond donors (Lipinski definition) is 1. The molecule has 1 heterocycles. The molecule has 0 fully saturated rings. The number of aromatic nitrogens is 2. The van der Waals surface area contributed by atoms with Gasteiger partial charge in [0, 0.05) is 12.6 Å². The summed E-state index contributed by atoms with van der Waals surface area (Å²) in [5.74, 6) is 1.37. The normalized spacial score (nSPS) is 10.6. The van der Waals surface area contributed by atoms with Crippen LogP contribution in [0.4, 0.5) is 11.6 Å². The molecule has 0 saturated carbocycles. The minimum absolute atomic E-state index is 0.438. The van der Waals surface area contributed by atoms with E-state index in [1.165, 1.54) is 0 Å². The number of rotatable bonds is 4. The van der Waals surface area contributed by atoms with Gasteiger partial charge in [0.1, 0.15) is 5.82 Å². The Bertz CT molecular complexity index is 268. The third-order valence-corrected chi connectivity index (χ3v) is 2.05. The molecule has 1 aromatic heterocycles. The van der Waals surface area contributed by atoms with Crippen molar-refractivity contribution in [1.82, 2.24) is 10.2 Å². The molecule has 0 atom stereocenters. The first kappa shape index (κ1) is 10.8. The molecule has 0 bridgehead atoms. The first-order valence-corrected chi connectivity index (χ1v) is 5.01. The zero-order valence-corrected chi connectivity index (χ0v) is 9.07. The van der Waals surface area contributed by atoms with Crippen LogP contribution in [0, 0.1) is 0 Å². The Morgan fingerprint density at radius 2 is 2.07 bits per heavy atom. The van der Waals surface area contributed by atoms with E-state index >= 15 is 0 Å². The van der Waals surface area contributed by atoms with Crippen molar-refractivity contribution in [2.45, 2.75) is 33.2 Å². The van der Waals surface area contributed by atoms with Crippen molar-refractivity contribution in [3.05, 3.63) is 12.1 Å². The number of hydrogen-bond acceptors (Lipinski definition) is 4. The standard InChI is InChI=1S/C10H18N4/c1-4-7-14(8(2)3)10-6-5-9(11)12-13-10/h5-6,8H,4,7H2,1-3H3,(H2,11,12). The van der Waals surface area contributed by atoms with Crippen LogP contribution >= 0.6 is 0 Å². The lowest BCUT2D eigenvalue weighted by Gasteiger charge is -2.26. The van der Waals surface area contributed by atoms with Gasteiger partial charge in [0.05, 0.1) is 0 Å². The van der Waals surface area contributed by atoms with E-state index in [2.05, 4.69) is 35.9 Å². The number of anilines is 2. The maximum absolute atomic E-state index is 5.48. The summed E-state index contributed by atoms with van der Waals surface area (Å²) in [6.45, 7) is 7.44. The van der Waals surface area contributed by atoms with Crippen molar-refractivity contribution >= 4 is 11.6 Å². The zero-order valence-electron chi connectivity index (χ0n) is 9.07. The average molecular weight is 194 g/mol. The Balaban J connectivity index is 2.82. The Kier molecular flexibility index (Phi) is 3.68. The van der Waals surface area contributed by atoms with Gasteiger partial charge in [-0.25, -0.2) is 0 Å². The zero-order chi connectivity index (χ0) is 10.6. The molecule has 1 rings (SSSR count). The summed E-state index contributed by atoms with van der Waals surface area (Å²) in [5.41, 5.74) is 5.48. The summed E-state index contributed by atoms with van der Waals surface area (Å²) in [6, 6.07) is 4.14. The topological polar surface area (TPSA) is 55.0 Å². The van der Waals surface area contributed by atoms with Gasteiger partial charge >= 0.3 is 0 Å². The van der Waals surface area contributed by atoms with E-state index in [0.717, 1.165) is 18.8 Å². The van der Waals surface area contributed by atoms with Crippen molar-refractivity contribution in [3.8, 4) is 0 Å². The van der Waals surface area contributed by atoms with Crippen LogP contribution in [0.25, 0.3) is 0 Å². The van der Waals surface area contributed by atoms with Gasteiger partial charge in [0.25, 0.3) is 0 Å². The maximum Gasteiger partial charge on any atom is 0.151 e. The molecule has 0 saturated heterocycles. The van der Waals surface area contributed by atoms with E-state index in [-0.39, 0.29) is 0 Å². The summed E-state index contributed by atoms with van der Waals surface area (Å²) >= 11 is 0. The third-order valence-electron chi connectivity index (χ3n) is 2.05. The quantitative estimate of drug-likeness (QED) is 0.792.